The Kier molecular flexibility index (Phi) is 6.89. The molecule has 0 aliphatic carbocycles. The average Bonchev–Trinajstić information content (AvgIpc) is 2.52. The number of aliphatic hydroxyl groups excluding tert-OH is 1. The van der Waals surface area contributed by atoms with Gasteiger partial charge in [-0.05, 0) is 43.0 Å². The Hall–Kier alpha value is -0.860. The average molecular weight is 291 g/mol. The molecule has 0 saturated heterocycles. The van der Waals surface area contributed by atoms with Crippen LogP contribution >= 0.6 is 0 Å². The van der Waals surface area contributed by atoms with Gasteiger partial charge in [-0.2, -0.15) is 0 Å². The minimum absolute atomic E-state index is 0.164. The minimum atomic E-state index is -0.436. The summed E-state index contributed by atoms with van der Waals surface area (Å²) in [6.45, 7) is 15.1. The normalized spacial score (nSPS) is 14.0. The van der Waals surface area contributed by atoms with Crippen LogP contribution in [-0.4, -0.2) is 28.6 Å². The van der Waals surface area contributed by atoms with Gasteiger partial charge in [0.05, 0.1) is 11.6 Å². The first-order valence-electron chi connectivity index (χ1n) is 8.49. The third-order valence-corrected chi connectivity index (χ3v) is 5.05. The summed E-state index contributed by atoms with van der Waals surface area (Å²) in [6.07, 6.45) is 1.48. The summed E-state index contributed by atoms with van der Waals surface area (Å²) >= 11 is 0. The molecule has 1 atom stereocenters. The van der Waals surface area contributed by atoms with Gasteiger partial charge in [-0.25, -0.2) is 0 Å². The van der Waals surface area contributed by atoms with Gasteiger partial charge in [0.15, 0.2) is 0 Å². The van der Waals surface area contributed by atoms with E-state index in [1.54, 1.807) is 0 Å². The van der Waals surface area contributed by atoms with Crippen molar-refractivity contribution in [1.82, 2.24) is 4.90 Å². The molecule has 0 fully saturated rings. The van der Waals surface area contributed by atoms with Crippen LogP contribution < -0.4 is 0 Å². The number of hydrogen-bond acceptors (Lipinski definition) is 2. The van der Waals surface area contributed by atoms with Crippen LogP contribution in [0, 0.1) is 0 Å². The van der Waals surface area contributed by atoms with Crippen molar-refractivity contribution in [3.63, 3.8) is 0 Å². The van der Waals surface area contributed by atoms with E-state index >= 15 is 0 Å². The van der Waals surface area contributed by atoms with Crippen molar-refractivity contribution in [2.75, 3.05) is 13.1 Å². The highest BCUT2D eigenvalue weighted by Gasteiger charge is 2.39. The topological polar surface area (TPSA) is 23.5 Å². The summed E-state index contributed by atoms with van der Waals surface area (Å²) in [4.78, 5) is 2.41. The lowest BCUT2D eigenvalue weighted by Gasteiger charge is -2.46. The van der Waals surface area contributed by atoms with Crippen molar-refractivity contribution in [1.29, 1.82) is 0 Å². The molecule has 0 radical (unpaired) electrons. The van der Waals surface area contributed by atoms with Crippen molar-refractivity contribution < 1.29 is 5.11 Å². The molecule has 1 N–H and O–H groups in total. The maximum Gasteiger partial charge on any atom is 0.0973 e. The lowest BCUT2D eigenvalue weighted by molar-refractivity contribution is -0.0366. The van der Waals surface area contributed by atoms with E-state index in [4.69, 9.17) is 0 Å². The van der Waals surface area contributed by atoms with Crippen molar-refractivity contribution in [2.24, 2.45) is 0 Å². The van der Waals surface area contributed by atoms with Gasteiger partial charge in [0, 0.05) is 0 Å². The van der Waals surface area contributed by atoms with Gasteiger partial charge in [-0.3, -0.25) is 4.90 Å². The van der Waals surface area contributed by atoms with Gasteiger partial charge < -0.3 is 5.11 Å². The fourth-order valence-electron chi connectivity index (χ4n) is 3.48. The van der Waals surface area contributed by atoms with E-state index in [0.29, 0.717) is 5.92 Å². The van der Waals surface area contributed by atoms with Crippen LogP contribution in [0.15, 0.2) is 24.3 Å². The molecule has 0 saturated carbocycles. The largest absolute Gasteiger partial charge is 0.386 e. The molecule has 21 heavy (non-hydrogen) atoms. The molecular formula is C19H33NO. The highest BCUT2D eigenvalue weighted by Crippen LogP contribution is 2.37. The molecule has 0 aromatic heterocycles. The SMILES string of the molecule is CCN(CC)C(CC)(CC)C(O)c1ccc(C(C)C)cc1. The summed E-state index contributed by atoms with van der Waals surface area (Å²) in [5.74, 6) is 0.529. The first-order chi connectivity index (χ1) is 9.96. The summed E-state index contributed by atoms with van der Waals surface area (Å²) in [5, 5.41) is 11.1. The highest BCUT2D eigenvalue weighted by atomic mass is 16.3. The second-order valence-corrected chi connectivity index (χ2v) is 6.21. The molecule has 0 aliphatic rings. The molecule has 0 aliphatic heterocycles. The second kappa shape index (κ2) is 7.95. The second-order valence-electron chi connectivity index (χ2n) is 6.21. The quantitative estimate of drug-likeness (QED) is 0.747. The standard InChI is InChI=1S/C19H33NO/c1-7-19(8-2,20(9-3)10-4)18(21)17-13-11-16(12-14-17)15(5)6/h11-15,18,21H,7-10H2,1-6H3. The van der Waals surface area contributed by atoms with Crippen molar-refractivity contribution >= 4 is 0 Å². The molecule has 120 valence electrons. The summed E-state index contributed by atoms with van der Waals surface area (Å²) in [7, 11) is 0. The molecule has 1 unspecified atom stereocenters. The van der Waals surface area contributed by atoms with Gasteiger partial charge in [-0.15, -0.1) is 0 Å². The van der Waals surface area contributed by atoms with Crippen LogP contribution in [0.5, 0.6) is 0 Å². The number of rotatable bonds is 8. The fourth-order valence-corrected chi connectivity index (χ4v) is 3.48. The third-order valence-electron chi connectivity index (χ3n) is 5.05. The first-order valence-corrected chi connectivity index (χ1v) is 8.49. The molecule has 2 nitrogen and oxygen atoms in total. The Morgan fingerprint density at radius 1 is 0.905 bits per heavy atom. The summed E-state index contributed by atoms with van der Waals surface area (Å²) in [6, 6.07) is 8.51. The number of aliphatic hydroxyl groups is 1. The Morgan fingerprint density at radius 3 is 1.67 bits per heavy atom. The van der Waals surface area contributed by atoms with Gasteiger partial charge in [0.25, 0.3) is 0 Å². The number of likely N-dealkylation sites (N-methyl/N-ethyl adjacent to an activating group) is 1. The van der Waals surface area contributed by atoms with E-state index in [-0.39, 0.29) is 5.54 Å². The number of nitrogens with zero attached hydrogens (tertiary/aromatic N) is 1. The van der Waals surface area contributed by atoms with E-state index < -0.39 is 6.10 Å². The molecule has 0 spiro atoms. The molecule has 2 heteroatoms. The summed E-state index contributed by atoms with van der Waals surface area (Å²) < 4.78 is 0. The van der Waals surface area contributed by atoms with Gasteiger partial charge in [0.2, 0.25) is 0 Å². The lowest BCUT2D eigenvalue weighted by atomic mass is 9.80. The van der Waals surface area contributed by atoms with Crippen LogP contribution in [0.3, 0.4) is 0 Å². The Balaban J connectivity index is 3.13. The smallest absolute Gasteiger partial charge is 0.0973 e. The van der Waals surface area contributed by atoms with E-state index in [2.05, 4.69) is 70.7 Å². The van der Waals surface area contributed by atoms with Crippen LogP contribution in [0.4, 0.5) is 0 Å². The molecule has 0 amide bonds. The summed E-state index contributed by atoms with van der Waals surface area (Å²) in [5.41, 5.74) is 2.20. The third kappa shape index (κ3) is 3.67. The van der Waals surface area contributed by atoms with Gasteiger partial charge >= 0.3 is 0 Å². The van der Waals surface area contributed by atoms with E-state index in [1.165, 1.54) is 5.56 Å². The fraction of sp³-hybridized carbons (Fsp3) is 0.684. The van der Waals surface area contributed by atoms with Crippen LogP contribution in [0.2, 0.25) is 0 Å². The van der Waals surface area contributed by atoms with Gasteiger partial charge in [-0.1, -0.05) is 65.8 Å². The number of benzene rings is 1. The van der Waals surface area contributed by atoms with E-state index in [9.17, 15) is 5.11 Å². The van der Waals surface area contributed by atoms with E-state index in [1.807, 2.05) is 0 Å². The van der Waals surface area contributed by atoms with Crippen molar-refractivity contribution in [2.45, 2.75) is 71.9 Å². The van der Waals surface area contributed by atoms with Crippen LogP contribution in [-0.2, 0) is 0 Å². The minimum Gasteiger partial charge on any atom is -0.386 e. The van der Waals surface area contributed by atoms with Crippen LogP contribution in [0.25, 0.3) is 0 Å². The van der Waals surface area contributed by atoms with E-state index in [0.717, 1.165) is 31.5 Å². The molecular weight excluding hydrogens is 258 g/mol. The molecule has 0 heterocycles. The van der Waals surface area contributed by atoms with Gasteiger partial charge in [0.1, 0.15) is 0 Å². The Morgan fingerprint density at radius 2 is 1.33 bits per heavy atom. The molecule has 0 bridgehead atoms. The van der Waals surface area contributed by atoms with Crippen molar-refractivity contribution in [3.8, 4) is 0 Å². The first kappa shape index (κ1) is 18.2. The predicted octanol–water partition coefficient (Wildman–Crippen LogP) is 4.74. The zero-order valence-electron chi connectivity index (χ0n) is 14.7. The van der Waals surface area contributed by atoms with Crippen molar-refractivity contribution in [3.05, 3.63) is 35.4 Å². The predicted molar refractivity (Wildman–Crippen MR) is 91.7 cm³/mol. The monoisotopic (exact) mass is 291 g/mol. The Labute approximate surface area is 131 Å². The maximum absolute atomic E-state index is 11.1. The zero-order chi connectivity index (χ0) is 16.0. The maximum atomic E-state index is 11.1. The van der Waals surface area contributed by atoms with Crippen LogP contribution in [0.1, 0.15) is 77.5 Å². The number of hydrogen-bond donors (Lipinski definition) is 1. The molecule has 1 aromatic carbocycles. The molecule has 1 aromatic rings. The Bertz CT molecular complexity index is 402. The molecule has 1 rings (SSSR count). The lowest BCUT2D eigenvalue weighted by Crippen LogP contribution is -2.52. The zero-order valence-corrected chi connectivity index (χ0v) is 14.7. The highest BCUT2D eigenvalue weighted by molar-refractivity contribution is 5.28.